The van der Waals surface area contributed by atoms with Crippen LogP contribution in [0, 0.1) is 0 Å². The molecule has 0 saturated carbocycles. The third kappa shape index (κ3) is 9.54. The Bertz CT molecular complexity index is 668. The summed E-state index contributed by atoms with van der Waals surface area (Å²) in [5, 5.41) is 0. The number of rotatable bonds is 14. The quantitative estimate of drug-likeness (QED) is 0.205. The van der Waals surface area contributed by atoms with E-state index in [0.717, 1.165) is 12.2 Å². The van der Waals surface area contributed by atoms with Crippen LogP contribution >= 0.6 is 0 Å². The molecular weight excluding hydrogens is 368 g/mol. The van der Waals surface area contributed by atoms with Crippen molar-refractivity contribution in [3.05, 3.63) is 55.1 Å². The monoisotopic (exact) mass is 392 g/mol. The van der Waals surface area contributed by atoms with Crippen LogP contribution < -0.4 is 4.74 Å². The molecule has 0 N–H and O–H groups in total. The number of hydrogen-bond acceptors (Lipinski definition) is 8. The topological polar surface area (TPSA) is 97.4 Å². The number of ether oxygens (including phenoxy) is 5. The van der Waals surface area contributed by atoms with E-state index in [1.54, 1.807) is 24.3 Å². The lowest BCUT2D eigenvalue weighted by Crippen LogP contribution is -2.15. The molecule has 0 amide bonds. The molecule has 0 fully saturated rings. The Hall–Kier alpha value is -3.13. The first kappa shape index (κ1) is 22.9. The minimum atomic E-state index is -0.546. The smallest absolute Gasteiger partial charge is 0.342 e. The summed E-state index contributed by atoms with van der Waals surface area (Å²) in [5.41, 5.74) is 0.283. The van der Waals surface area contributed by atoms with Crippen molar-refractivity contribution in [2.24, 2.45) is 0 Å². The van der Waals surface area contributed by atoms with E-state index in [2.05, 4.69) is 13.2 Å². The summed E-state index contributed by atoms with van der Waals surface area (Å²) in [6.07, 6.45) is 2.62. The lowest BCUT2D eigenvalue weighted by atomic mass is 10.2. The summed E-state index contributed by atoms with van der Waals surface area (Å²) in [4.78, 5) is 33.9. The normalized spacial score (nSPS) is 9.86. The van der Waals surface area contributed by atoms with Gasteiger partial charge >= 0.3 is 17.9 Å². The van der Waals surface area contributed by atoms with Gasteiger partial charge in [-0.05, 0) is 12.1 Å². The van der Waals surface area contributed by atoms with E-state index in [0.29, 0.717) is 12.2 Å². The molecule has 28 heavy (non-hydrogen) atoms. The van der Waals surface area contributed by atoms with Crippen LogP contribution in [0.25, 0.3) is 0 Å². The Morgan fingerprint density at radius 1 is 0.786 bits per heavy atom. The minimum absolute atomic E-state index is 0.0417. The lowest BCUT2D eigenvalue weighted by molar-refractivity contribution is -0.139. The maximum absolute atomic E-state index is 12.2. The summed E-state index contributed by atoms with van der Waals surface area (Å²) in [6, 6.07) is 6.67. The van der Waals surface area contributed by atoms with Gasteiger partial charge in [0.05, 0.1) is 26.4 Å². The average Bonchev–Trinajstić information content (AvgIpc) is 2.72. The molecule has 0 aliphatic carbocycles. The van der Waals surface area contributed by atoms with Gasteiger partial charge in [0.25, 0.3) is 0 Å². The Kier molecular flexibility index (Phi) is 11.4. The summed E-state index contributed by atoms with van der Waals surface area (Å²) in [7, 11) is 0. The van der Waals surface area contributed by atoms with Crippen molar-refractivity contribution in [1.29, 1.82) is 0 Å². The molecule has 0 heterocycles. The summed E-state index contributed by atoms with van der Waals surface area (Å²) < 4.78 is 25.5. The van der Waals surface area contributed by atoms with Gasteiger partial charge in [-0.2, -0.15) is 0 Å². The van der Waals surface area contributed by atoms with Crippen LogP contribution in [-0.2, 0) is 28.5 Å². The van der Waals surface area contributed by atoms with E-state index in [9.17, 15) is 14.4 Å². The number of carbonyl (C=O) groups excluding carboxylic acids is 3. The fourth-order valence-corrected chi connectivity index (χ4v) is 1.87. The predicted octanol–water partition coefficient (Wildman–Crippen LogP) is 2.09. The molecule has 8 heteroatoms. The van der Waals surface area contributed by atoms with E-state index >= 15 is 0 Å². The van der Waals surface area contributed by atoms with Crippen LogP contribution in [0.5, 0.6) is 5.75 Å². The Labute approximate surface area is 163 Å². The number of para-hydroxylation sites is 1. The SMILES string of the molecule is C=CC(=O)OCCCOc1ccccc1C(=O)OCCOCCOC(=O)C=C. The van der Waals surface area contributed by atoms with Crippen LogP contribution in [0.2, 0.25) is 0 Å². The summed E-state index contributed by atoms with van der Waals surface area (Å²) >= 11 is 0. The molecule has 0 saturated heterocycles. The van der Waals surface area contributed by atoms with Crippen LogP contribution in [0.4, 0.5) is 0 Å². The van der Waals surface area contributed by atoms with E-state index < -0.39 is 17.9 Å². The zero-order valence-electron chi connectivity index (χ0n) is 15.6. The zero-order valence-corrected chi connectivity index (χ0v) is 15.6. The fraction of sp³-hybridized carbons (Fsp3) is 0.350. The standard InChI is InChI=1S/C20H24O8/c1-3-18(21)26-11-7-10-25-17-9-6-5-8-16(17)20(23)28-15-13-24-12-14-27-19(22)4-2/h3-6,8-9H,1-2,7,10-15H2. The zero-order chi connectivity index (χ0) is 20.6. The lowest BCUT2D eigenvalue weighted by Gasteiger charge is -2.11. The minimum Gasteiger partial charge on any atom is -0.493 e. The molecular formula is C20H24O8. The second-order valence-corrected chi connectivity index (χ2v) is 5.19. The fourth-order valence-electron chi connectivity index (χ4n) is 1.87. The van der Waals surface area contributed by atoms with Crippen molar-refractivity contribution in [1.82, 2.24) is 0 Å². The highest BCUT2D eigenvalue weighted by atomic mass is 16.6. The molecule has 0 bridgehead atoms. The van der Waals surface area contributed by atoms with E-state index in [1.807, 2.05) is 0 Å². The van der Waals surface area contributed by atoms with Crippen LogP contribution in [0.3, 0.4) is 0 Å². The van der Waals surface area contributed by atoms with Crippen molar-refractivity contribution in [3.8, 4) is 5.75 Å². The van der Waals surface area contributed by atoms with Gasteiger partial charge in [0.2, 0.25) is 0 Å². The number of benzene rings is 1. The number of esters is 3. The molecule has 0 unspecified atom stereocenters. The molecule has 0 aromatic heterocycles. The third-order valence-electron chi connectivity index (χ3n) is 3.16. The van der Waals surface area contributed by atoms with Gasteiger partial charge < -0.3 is 23.7 Å². The first-order valence-corrected chi connectivity index (χ1v) is 8.63. The molecule has 8 nitrogen and oxygen atoms in total. The van der Waals surface area contributed by atoms with Crippen molar-refractivity contribution >= 4 is 17.9 Å². The maximum atomic E-state index is 12.2. The first-order valence-electron chi connectivity index (χ1n) is 8.63. The molecule has 0 aliphatic heterocycles. The first-order chi connectivity index (χ1) is 13.6. The average molecular weight is 392 g/mol. The van der Waals surface area contributed by atoms with Crippen LogP contribution in [-0.4, -0.2) is 57.5 Å². The Balaban J connectivity index is 2.29. The predicted molar refractivity (Wildman–Crippen MR) is 100.0 cm³/mol. The molecule has 0 atom stereocenters. The van der Waals surface area contributed by atoms with Gasteiger partial charge in [-0.1, -0.05) is 25.3 Å². The summed E-state index contributed by atoms with van der Waals surface area (Å²) in [6.45, 7) is 7.52. The van der Waals surface area contributed by atoms with E-state index in [1.165, 1.54) is 0 Å². The number of hydrogen-bond donors (Lipinski definition) is 0. The maximum Gasteiger partial charge on any atom is 0.342 e. The molecule has 0 spiro atoms. The van der Waals surface area contributed by atoms with Crippen molar-refractivity contribution in [3.63, 3.8) is 0 Å². The van der Waals surface area contributed by atoms with Crippen LogP contribution in [0.1, 0.15) is 16.8 Å². The van der Waals surface area contributed by atoms with E-state index in [-0.39, 0.29) is 45.2 Å². The van der Waals surface area contributed by atoms with Gasteiger partial charge in [0, 0.05) is 18.6 Å². The highest BCUT2D eigenvalue weighted by Gasteiger charge is 2.13. The molecule has 1 aromatic rings. The molecule has 1 rings (SSSR count). The van der Waals surface area contributed by atoms with E-state index in [4.69, 9.17) is 23.7 Å². The second-order valence-electron chi connectivity index (χ2n) is 5.19. The molecule has 0 aliphatic rings. The summed E-state index contributed by atoms with van der Waals surface area (Å²) in [5.74, 6) is -1.19. The Morgan fingerprint density at radius 3 is 2.07 bits per heavy atom. The molecule has 152 valence electrons. The Morgan fingerprint density at radius 2 is 1.39 bits per heavy atom. The number of carbonyl (C=O) groups is 3. The van der Waals surface area contributed by atoms with Crippen molar-refractivity contribution < 1.29 is 38.1 Å². The van der Waals surface area contributed by atoms with Crippen molar-refractivity contribution in [2.75, 3.05) is 39.6 Å². The largest absolute Gasteiger partial charge is 0.493 e. The second kappa shape index (κ2) is 14.0. The molecule has 1 aromatic carbocycles. The third-order valence-corrected chi connectivity index (χ3v) is 3.16. The highest BCUT2D eigenvalue weighted by molar-refractivity contribution is 5.92. The van der Waals surface area contributed by atoms with Gasteiger partial charge in [0.1, 0.15) is 24.5 Å². The van der Waals surface area contributed by atoms with Gasteiger partial charge in [0.15, 0.2) is 0 Å². The van der Waals surface area contributed by atoms with Crippen LogP contribution in [0.15, 0.2) is 49.6 Å². The van der Waals surface area contributed by atoms with Gasteiger partial charge in [-0.25, -0.2) is 14.4 Å². The van der Waals surface area contributed by atoms with Gasteiger partial charge in [-0.15, -0.1) is 0 Å². The van der Waals surface area contributed by atoms with Gasteiger partial charge in [-0.3, -0.25) is 0 Å². The van der Waals surface area contributed by atoms with Crippen molar-refractivity contribution in [2.45, 2.75) is 6.42 Å². The molecule has 0 radical (unpaired) electrons. The highest BCUT2D eigenvalue weighted by Crippen LogP contribution is 2.19.